The van der Waals surface area contributed by atoms with E-state index < -0.39 is 24.0 Å². The summed E-state index contributed by atoms with van der Waals surface area (Å²) in [6, 6.07) is 0. The van der Waals surface area contributed by atoms with E-state index in [1.54, 1.807) is 6.92 Å². The molecule has 1 aliphatic rings. The maximum atomic E-state index is 11.0. The number of rotatable bonds is 3. The van der Waals surface area contributed by atoms with E-state index in [4.69, 9.17) is 9.47 Å². The van der Waals surface area contributed by atoms with Gasteiger partial charge < -0.3 is 14.6 Å². The maximum absolute atomic E-state index is 11.0. The normalized spacial score (nSPS) is 20.4. The summed E-state index contributed by atoms with van der Waals surface area (Å²) in [7, 11) is 0. The number of nitrogens with zero attached hydrogens (tertiary/aromatic N) is 3. The molecule has 0 bridgehead atoms. The van der Waals surface area contributed by atoms with Crippen LogP contribution in [0.4, 0.5) is 0 Å². The molecule has 1 aromatic heterocycles. The Morgan fingerprint density at radius 3 is 2.56 bits per heavy atom. The zero-order valence-electron chi connectivity index (χ0n) is 8.36. The van der Waals surface area contributed by atoms with Crippen molar-refractivity contribution in [3.63, 3.8) is 0 Å². The summed E-state index contributed by atoms with van der Waals surface area (Å²) < 4.78 is 10.5. The van der Waals surface area contributed by atoms with Crippen LogP contribution in [0.5, 0.6) is 0 Å². The quantitative estimate of drug-likeness (QED) is 0.508. The van der Waals surface area contributed by atoms with Gasteiger partial charge in [-0.3, -0.25) is 0 Å². The second kappa shape index (κ2) is 3.56. The molecular weight excluding hydrogens is 218 g/mol. The highest BCUT2D eigenvalue weighted by Gasteiger charge is 2.56. The van der Waals surface area contributed by atoms with E-state index in [1.165, 1.54) is 12.7 Å². The molecule has 1 N–H and O–H groups in total. The van der Waals surface area contributed by atoms with Gasteiger partial charge in [-0.15, -0.1) is 0 Å². The minimum atomic E-state index is -1.93. The third kappa shape index (κ3) is 1.34. The molecule has 0 spiro atoms. The average Bonchev–Trinajstić information content (AvgIpc) is 2.87. The van der Waals surface area contributed by atoms with Crippen LogP contribution in [-0.2, 0) is 25.0 Å². The van der Waals surface area contributed by atoms with Gasteiger partial charge in [0.2, 0.25) is 0 Å². The lowest BCUT2D eigenvalue weighted by atomic mass is 10.2. The van der Waals surface area contributed by atoms with Crippen molar-refractivity contribution in [2.24, 2.45) is 0 Å². The number of esters is 2. The van der Waals surface area contributed by atoms with Gasteiger partial charge in [0.1, 0.15) is 12.7 Å². The molecule has 1 saturated heterocycles. The number of ether oxygens (including phenoxy) is 2. The number of hydrogen-bond acceptors (Lipinski definition) is 7. The fourth-order valence-electron chi connectivity index (χ4n) is 1.38. The van der Waals surface area contributed by atoms with Crippen molar-refractivity contribution in [2.75, 3.05) is 0 Å². The van der Waals surface area contributed by atoms with Gasteiger partial charge in [-0.05, 0) is 6.42 Å². The molecule has 8 heteroatoms. The number of carbonyl (C=O) groups is 2. The van der Waals surface area contributed by atoms with Crippen molar-refractivity contribution in [1.29, 1.82) is 0 Å². The molecule has 0 aliphatic carbocycles. The van der Waals surface area contributed by atoms with Crippen molar-refractivity contribution >= 4 is 11.9 Å². The largest absolute Gasteiger partial charge is 0.422 e. The summed E-state index contributed by atoms with van der Waals surface area (Å²) in [4.78, 5) is 25.7. The summed E-state index contributed by atoms with van der Waals surface area (Å²) in [6.45, 7) is 1.64. The molecule has 2 heterocycles. The molecule has 16 heavy (non-hydrogen) atoms. The average molecular weight is 227 g/mol. The van der Waals surface area contributed by atoms with E-state index in [-0.39, 0.29) is 6.42 Å². The SMILES string of the molecule is CCC(O)C1(n2cncn2)OC(=O)C(=O)O1. The van der Waals surface area contributed by atoms with Crippen molar-refractivity contribution in [2.45, 2.75) is 25.4 Å². The van der Waals surface area contributed by atoms with E-state index >= 15 is 0 Å². The highest BCUT2D eigenvalue weighted by Crippen LogP contribution is 2.31. The molecule has 1 aliphatic heterocycles. The maximum Gasteiger partial charge on any atom is 0.422 e. The Morgan fingerprint density at radius 2 is 2.12 bits per heavy atom. The van der Waals surface area contributed by atoms with Crippen LogP contribution >= 0.6 is 0 Å². The number of aliphatic hydroxyl groups excluding tert-OH is 1. The third-order valence-electron chi connectivity index (χ3n) is 2.19. The summed E-state index contributed by atoms with van der Waals surface area (Å²) in [6.07, 6.45) is 1.35. The molecule has 1 atom stereocenters. The summed E-state index contributed by atoms with van der Waals surface area (Å²) in [5, 5.41) is 13.5. The van der Waals surface area contributed by atoms with Gasteiger partial charge >= 0.3 is 17.8 Å². The third-order valence-corrected chi connectivity index (χ3v) is 2.19. The minimum Gasteiger partial charge on any atom is -0.391 e. The van der Waals surface area contributed by atoms with Crippen LogP contribution in [0, 0.1) is 0 Å². The predicted octanol–water partition coefficient (Wildman–Crippen LogP) is -1.24. The first-order chi connectivity index (χ1) is 7.60. The zero-order valence-corrected chi connectivity index (χ0v) is 8.36. The van der Waals surface area contributed by atoms with Gasteiger partial charge in [0.05, 0.1) is 0 Å². The molecule has 0 radical (unpaired) electrons. The van der Waals surface area contributed by atoms with Crippen LogP contribution in [-0.4, -0.2) is 37.9 Å². The van der Waals surface area contributed by atoms with Gasteiger partial charge in [-0.2, -0.15) is 9.78 Å². The van der Waals surface area contributed by atoms with Gasteiger partial charge in [0, 0.05) is 0 Å². The van der Waals surface area contributed by atoms with E-state index in [9.17, 15) is 14.7 Å². The van der Waals surface area contributed by atoms with Crippen LogP contribution in [0.1, 0.15) is 13.3 Å². The molecule has 86 valence electrons. The monoisotopic (exact) mass is 227 g/mol. The van der Waals surface area contributed by atoms with Gasteiger partial charge in [0.15, 0.2) is 6.10 Å². The Morgan fingerprint density at radius 1 is 1.50 bits per heavy atom. The van der Waals surface area contributed by atoms with Crippen LogP contribution in [0.3, 0.4) is 0 Å². The molecule has 8 nitrogen and oxygen atoms in total. The van der Waals surface area contributed by atoms with Crippen molar-refractivity contribution in [1.82, 2.24) is 14.8 Å². The van der Waals surface area contributed by atoms with Gasteiger partial charge in [-0.1, -0.05) is 6.92 Å². The fourth-order valence-corrected chi connectivity index (χ4v) is 1.38. The molecule has 0 saturated carbocycles. The van der Waals surface area contributed by atoms with Gasteiger partial charge in [0.25, 0.3) is 0 Å². The van der Waals surface area contributed by atoms with Crippen molar-refractivity contribution < 1.29 is 24.2 Å². The Hall–Kier alpha value is -1.96. The Balaban J connectivity index is 2.43. The van der Waals surface area contributed by atoms with Crippen LogP contribution < -0.4 is 0 Å². The fraction of sp³-hybridized carbons (Fsp3) is 0.500. The Labute approximate surface area is 89.8 Å². The van der Waals surface area contributed by atoms with E-state index in [0.29, 0.717) is 0 Å². The minimum absolute atomic E-state index is 0.209. The Bertz CT molecular complexity index is 399. The number of aromatic nitrogens is 3. The second-order valence-corrected chi connectivity index (χ2v) is 3.17. The van der Waals surface area contributed by atoms with Crippen molar-refractivity contribution in [3.05, 3.63) is 12.7 Å². The topological polar surface area (TPSA) is 104 Å². The lowest BCUT2D eigenvalue weighted by Crippen LogP contribution is -2.46. The summed E-state index contributed by atoms with van der Waals surface area (Å²) >= 11 is 0. The molecule has 1 fully saturated rings. The van der Waals surface area contributed by atoms with E-state index in [0.717, 1.165) is 4.68 Å². The van der Waals surface area contributed by atoms with Crippen LogP contribution in [0.25, 0.3) is 0 Å². The smallest absolute Gasteiger partial charge is 0.391 e. The molecule has 1 unspecified atom stereocenters. The number of hydrogen-bond donors (Lipinski definition) is 1. The molecule has 1 aromatic rings. The highest BCUT2D eigenvalue weighted by atomic mass is 16.8. The van der Waals surface area contributed by atoms with E-state index in [1.807, 2.05) is 0 Å². The predicted molar refractivity (Wildman–Crippen MR) is 46.5 cm³/mol. The summed E-state index contributed by atoms with van der Waals surface area (Å²) in [5.74, 6) is -4.26. The standard InChI is InChI=1S/C8H9N3O5/c1-2-5(12)8(11-4-9-3-10-11)15-6(13)7(14)16-8/h3-5,12H,2H2,1H3. The molecular formula is C8H9N3O5. The van der Waals surface area contributed by atoms with E-state index in [2.05, 4.69) is 10.1 Å². The van der Waals surface area contributed by atoms with Crippen molar-refractivity contribution in [3.8, 4) is 0 Å². The molecule has 0 amide bonds. The first-order valence-corrected chi connectivity index (χ1v) is 4.59. The number of cyclic esters (lactones) is 2. The lowest BCUT2D eigenvalue weighted by Gasteiger charge is -2.28. The first kappa shape index (κ1) is 10.6. The molecule has 2 rings (SSSR count). The highest BCUT2D eigenvalue weighted by molar-refractivity contribution is 6.31. The number of carbonyl (C=O) groups excluding carboxylic acids is 2. The summed E-state index contributed by atoms with van der Waals surface area (Å²) in [5.41, 5.74) is 0. The van der Waals surface area contributed by atoms with Crippen LogP contribution in [0.15, 0.2) is 12.7 Å². The first-order valence-electron chi connectivity index (χ1n) is 4.59. The second-order valence-electron chi connectivity index (χ2n) is 3.17. The number of aliphatic hydroxyl groups is 1. The molecule has 0 aromatic carbocycles. The van der Waals surface area contributed by atoms with Crippen LogP contribution in [0.2, 0.25) is 0 Å². The Kier molecular flexibility index (Phi) is 2.35. The lowest BCUT2D eigenvalue weighted by molar-refractivity contribution is -0.275. The zero-order chi connectivity index (χ0) is 11.8. The van der Waals surface area contributed by atoms with Gasteiger partial charge in [-0.25, -0.2) is 14.6 Å².